The van der Waals surface area contributed by atoms with Crippen molar-refractivity contribution in [3.8, 4) is 0 Å². The van der Waals surface area contributed by atoms with Crippen molar-refractivity contribution in [2.75, 3.05) is 15.9 Å². The van der Waals surface area contributed by atoms with E-state index in [1.165, 1.54) is 25.1 Å². The molecule has 134 valence electrons. The number of nitrogens with one attached hydrogen (secondary N) is 1. The standard InChI is InChI=1S/C17H18ClFN2O3S/c1-11-7-8-13(18)9-16(11)20-17(22)12(2)21(25(3,23)24)15-6-4-5-14(19)10-15/h4-10,12H,1-3H3,(H,20,22)/t12-/m1/s1. The highest BCUT2D eigenvalue weighted by molar-refractivity contribution is 7.92. The number of carbonyl (C=O) groups is 1. The molecule has 8 heteroatoms. The van der Waals surface area contributed by atoms with Gasteiger partial charge in [0.2, 0.25) is 15.9 Å². The maximum absolute atomic E-state index is 13.5. The van der Waals surface area contributed by atoms with Crippen LogP contribution < -0.4 is 9.62 Å². The highest BCUT2D eigenvalue weighted by Crippen LogP contribution is 2.24. The minimum atomic E-state index is -3.81. The second kappa shape index (κ2) is 7.41. The van der Waals surface area contributed by atoms with Gasteiger partial charge in [-0.25, -0.2) is 12.8 Å². The predicted octanol–water partition coefficient (Wildman–Crippen LogP) is 3.58. The van der Waals surface area contributed by atoms with Gasteiger partial charge in [0.1, 0.15) is 11.9 Å². The normalized spacial score (nSPS) is 12.5. The Hall–Kier alpha value is -2.12. The van der Waals surface area contributed by atoms with E-state index in [0.717, 1.165) is 22.2 Å². The summed E-state index contributed by atoms with van der Waals surface area (Å²) in [6, 6.07) is 8.99. The molecule has 25 heavy (non-hydrogen) atoms. The van der Waals surface area contributed by atoms with Gasteiger partial charge in [0.15, 0.2) is 0 Å². The number of anilines is 2. The Kier molecular flexibility index (Phi) is 5.69. The zero-order valence-corrected chi connectivity index (χ0v) is 15.5. The molecule has 5 nitrogen and oxygen atoms in total. The molecule has 0 heterocycles. The largest absolute Gasteiger partial charge is 0.324 e. The molecular weight excluding hydrogens is 367 g/mol. The lowest BCUT2D eigenvalue weighted by Crippen LogP contribution is -2.45. The fourth-order valence-corrected chi connectivity index (χ4v) is 3.73. The number of amides is 1. The average molecular weight is 385 g/mol. The molecule has 0 fully saturated rings. The van der Waals surface area contributed by atoms with E-state index < -0.39 is 27.8 Å². The van der Waals surface area contributed by atoms with Crippen molar-refractivity contribution in [2.45, 2.75) is 19.9 Å². The lowest BCUT2D eigenvalue weighted by Gasteiger charge is -2.28. The highest BCUT2D eigenvalue weighted by atomic mass is 35.5. The summed E-state index contributed by atoms with van der Waals surface area (Å²) in [5.74, 6) is -1.15. The number of benzene rings is 2. The number of hydrogen-bond donors (Lipinski definition) is 1. The van der Waals surface area contributed by atoms with Crippen LogP contribution in [0.2, 0.25) is 5.02 Å². The Balaban J connectivity index is 2.35. The van der Waals surface area contributed by atoms with Crippen molar-refractivity contribution in [2.24, 2.45) is 0 Å². The number of nitrogens with zero attached hydrogens (tertiary/aromatic N) is 1. The van der Waals surface area contributed by atoms with Crippen LogP contribution >= 0.6 is 11.6 Å². The summed E-state index contributed by atoms with van der Waals surface area (Å²) >= 11 is 5.93. The molecule has 0 unspecified atom stereocenters. The van der Waals surface area contributed by atoms with Crippen LogP contribution in [0, 0.1) is 12.7 Å². The van der Waals surface area contributed by atoms with Crippen LogP contribution in [0.5, 0.6) is 0 Å². The molecule has 0 aliphatic rings. The van der Waals surface area contributed by atoms with Crippen molar-refractivity contribution in [1.29, 1.82) is 0 Å². The van der Waals surface area contributed by atoms with E-state index in [4.69, 9.17) is 11.6 Å². The molecule has 0 saturated carbocycles. The topological polar surface area (TPSA) is 66.5 Å². The lowest BCUT2D eigenvalue weighted by molar-refractivity contribution is -0.116. The van der Waals surface area contributed by atoms with Gasteiger partial charge in [0.25, 0.3) is 0 Å². The molecule has 0 aliphatic heterocycles. The molecule has 1 amide bonds. The quantitative estimate of drug-likeness (QED) is 0.856. The van der Waals surface area contributed by atoms with E-state index in [1.807, 2.05) is 0 Å². The third-order valence-corrected chi connectivity index (χ3v) is 5.09. The smallest absolute Gasteiger partial charge is 0.248 e. The number of aryl methyl sites for hydroxylation is 1. The fourth-order valence-electron chi connectivity index (χ4n) is 2.39. The molecule has 0 bridgehead atoms. The first-order chi connectivity index (χ1) is 11.6. The van der Waals surface area contributed by atoms with E-state index in [-0.39, 0.29) is 5.69 Å². The van der Waals surface area contributed by atoms with Crippen molar-refractivity contribution < 1.29 is 17.6 Å². The predicted molar refractivity (Wildman–Crippen MR) is 98.0 cm³/mol. The first kappa shape index (κ1) is 19.2. The van der Waals surface area contributed by atoms with Crippen molar-refractivity contribution >= 4 is 38.9 Å². The molecule has 1 atom stereocenters. The van der Waals surface area contributed by atoms with Gasteiger partial charge in [-0.1, -0.05) is 23.7 Å². The highest BCUT2D eigenvalue weighted by Gasteiger charge is 2.29. The van der Waals surface area contributed by atoms with Crippen LogP contribution in [0.3, 0.4) is 0 Å². The third-order valence-electron chi connectivity index (χ3n) is 3.61. The van der Waals surface area contributed by atoms with Gasteiger partial charge in [0, 0.05) is 10.7 Å². The number of halogens is 2. The zero-order valence-electron chi connectivity index (χ0n) is 14.0. The van der Waals surface area contributed by atoms with Crippen LogP contribution in [-0.4, -0.2) is 26.6 Å². The van der Waals surface area contributed by atoms with E-state index >= 15 is 0 Å². The van der Waals surface area contributed by atoms with Crippen molar-refractivity contribution in [3.63, 3.8) is 0 Å². The molecule has 2 aromatic rings. The van der Waals surface area contributed by atoms with E-state index in [1.54, 1.807) is 25.1 Å². The van der Waals surface area contributed by atoms with Crippen LogP contribution in [0.4, 0.5) is 15.8 Å². The molecule has 0 saturated heterocycles. The SMILES string of the molecule is Cc1ccc(Cl)cc1NC(=O)[C@@H](C)N(c1cccc(F)c1)S(C)(=O)=O. The first-order valence-corrected chi connectivity index (χ1v) is 9.64. The summed E-state index contributed by atoms with van der Waals surface area (Å²) in [5.41, 5.74) is 1.34. The Morgan fingerprint density at radius 2 is 1.92 bits per heavy atom. The molecule has 2 aromatic carbocycles. The number of sulfonamides is 1. The zero-order chi connectivity index (χ0) is 18.8. The van der Waals surface area contributed by atoms with Crippen molar-refractivity contribution in [3.05, 3.63) is 58.9 Å². The second-order valence-electron chi connectivity index (χ2n) is 5.66. The molecular formula is C17H18ClFN2O3S. The van der Waals surface area contributed by atoms with Crippen LogP contribution in [0.25, 0.3) is 0 Å². The van der Waals surface area contributed by atoms with E-state index in [0.29, 0.717) is 10.7 Å². The summed E-state index contributed by atoms with van der Waals surface area (Å²) in [6.07, 6.45) is 0.965. The summed E-state index contributed by atoms with van der Waals surface area (Å²) in [7, 11) is -3.81. The Morgan fingerprint density at radius 1 is 1.24 bits per heavy atom. The maximum atomic E-state index is 13.5. The molecule has 0 radical (unpaired) electrons. The van der Waals surface area contributed by atoms with Crippen LogP contribution in [0.1, 0.15) is 12.5 Å². The molecule has 2 rings (SSSR count). The van der Waals surface area contributed by atoms with Crippen LogP contribution in [-0.2, 0) is 14.8 Å². The summed E-state index contributed by atoms with van der Waals surface area (Å²) in [6.45, 7) is 3.22. The van der Waals surface area contributed by atoms with E-state index in [2.05, 4.69) is 5.32 Å². The minimum absolute atomic E-state index is 0.0768. The first-order valence-electron chi connectivity index (χ1n) is 7.41. The average Bonchev–Trinajstić information content (AvgIpc) is 2.49. The Bertz CT molecular complexity index is 903. The fraction of sp³-hybridized carbons (Fsp3) is 0.235. The minimum Gasteiger partial charge on any atom is -0.324 e. The summed E-state index contributed by atoms with van der Waals surface area (Å²) < 4.78 is 38.7. The Morgan fingerprint density at radius 3 is 2.52 bits per heavy atom. The summed E-state index contributed by atoms with van der Waals surface area (Å²) in [4.78, 5) is 12.6. The van der Waals surface area contributed by atoms with Gasteiger partial charge >= 0.3 is 0 Å². The maximum Gasteiger partial charge on any atom is 0.248 e. The van der Waals surface area contributed by atoms with Gasteiger partial charge in [-0.05, 0) is 49.7 Å². The van der Waals surface area contributed by atoms with Crippen LogP contribution in [0.15, 0.2) is 42.5 Å². The third kappa shape index (κ3) is 4.70. The van der Waals surface area contributed by atoms with Gasteiger partial charge in [0.05, 0.1) is 11.9 Å². The lowest BCUT2D eigenvalue weighted by atomic mass is 10.2. The number of hydrogen-bond acceptors (Lipinski definition) is 3. The molecule has 1 N–H and O–H groups in total. The number of rotatable bonds is 5. The molecule has 0 aliphatic carbocycles. The van der Waals surface area contributed by atoms with E-state index in [9.17, 15) is 17.6 Å². The monoisotopic (exact) mass is 384 g/mol. The molecule has 0 spiro atoms. The van der Waals surface area contributed by atoms with Crippen molar-refractivity contribution in [1.82, 2.24) is 0 Å². The van der Waals surface area contributed by atoms with Gasteiger partial charge in [-0.15, -0.1) is 0 Å². The second-order valence-corrected chi connectivity index (χ2v) is 7.96. The van der Waals surface area contributed by atoms with Gasteiger partial charge in [-0.2, -0.15) is 0 Å². The van der Waals surface area contributed by atoms with Gasteiger partial charge < -0.3 is 5.32 Å². The summed E-state index contributed by atoms with van der Waals surface area (Å²) in [5, 5.41) is 3.11. The number of carbonyl (C=O) groups excluding carboxylic acids is 1. The Labute approximate surface area is 151 Å². The molecule has 0 aromatic heterocycles. The van der Waals surface area contributed by atoms with Gasteiger partial charge in [-0.3, -0.25) is 9.10 Å².